The lowest BCUT2D eigenvalue weighted by Gasteiger charge is -2.36. The Labute approximate surface area is 147 Å². The fourth-order valence-corrected chi connectivity index (χ4v) is 2.72. The highest BCUT2D eigenvalue weighted by Gasteiger charge is 2.23. The quantitative estimate of drug-likeness (QED) is 0.755. The lowest BCUT2D eigenvalue weighted by Crippen LogP contribution is -2.51. The fourth-order valence-electron chi connectivity index (χ4n) is 2.72. The first-order chi connectivity index (χ1) is 12.0. The number of anilines is 1. The molecule has 1 saturated heterocycles. The second-order valence-corrected chi connectivity index (χ2v) is 6.03. The molecular formula is C18H24FN3O3. The van der Waals surface area contributed by atoms with Crippen molar-refractivity contribution >= 4 is 23.3 Å². The number of rotatable bonds is 7. The summed E-state index contributed by atoms with van der Waals surface area (Å²) < 4.78 is 13.8. The number of para-hydroxylation sites is 1. The molecule has 1 fully saturated rings. The van der Waals surface area contributed by atoms with Gasteiger partial charge in [-0.3, -0.25) is 14.4 Å². The monoisotopic (exact) mass is 349 g/mol. The molecule has 7 heteroatoms. The molecule has 136 valence electrons. The number of nitrogens with zero attached hydrogens (tertiary/aromatic N) is 2. The third-order valence-corrected chi connectivity index (χ3v) is 4.24. The number of carbonyl (C=O) groups is 3. The molecule has 0 unspecified atom stereocenters. The van der Waals surface area contributed by atoms with Crippen molar-refractivity contribution in [1.29, 1.82) is 0 Å². The standard InChI is InChI=1S/C18H24FN3O3/c1-2-3-8-16(23)18(25)20-13-17(24)22-11-9-21(10-12-22)15-7-5-4-6-14(15)19/h4-7H,2-3,8-13H2,1H3,(H,20,25). The van der Waals surface area contributed by atoms with Crippen LogP contribution in [0.15, 0.2) is 24.3 Å². The SMILES string of the molecule is CCCCC(=O)C(=O)NCC(=O)N1CCN(c2ccccc2F)CC1. The summed E-state index contributed by atoms with van der Waals surface area (Å²) in [6.45, 7) is 3.71. The summed E-state index contributed by atoms with van der Waals surface area (Å²) in [4.78, 5) is 38.8. The third kappa shape index (κ3) is 5.27. The number of hydrogen-bond donors (Lipinski definition) is 1. The normalized spacial score (nSPS) is 14.3. The number of amides is 2. The van der Waals surface area contributed by atoms with Crippen molar-refractivity contribution in [1.82, 2.24) is 10.2 Å². The van der Waals surface area contributed by atoms with Gasteiger partial charge in [-0.25, -0.2) is 4.39 Å². The lowest BCUT2D eigenvalue weighted by atomic mass is 10.2. The van der Waals surface area contributed by atoms with E-state index in [2.05, 4.69) is 5.32 Å². The predicted molar refractivity (Wildman–Crippen MR) is 92.7 cm³/mol. The van der Waals surface area contributed by atoms with Crippen molar-refractivity contribution in [2.24, 2.45) is 0 Å². The van der Waals surface area contributed by atoms with Gasteiger partial charge in [0.05, 0.1) is 12.2 Å². The van der Waals surface area contributed by atoms with E-state index in [9.17, 15) is 18.8 Å². The van der Waals surface area contributed by atoms with Crippen LogP contribution < -0.4 is 10.2 Å². The molecule has 1 aromatic carbocycles. The first-order valence-corrected chi connectivity index (χ1v) is 8.61. The molecule has 0 aliphatic carbocycles. The Balaban J connectivity index is 1.77. The van der Waals surface area contributed by atoms with Crippen LogP contribution in [0.25, 0.3) is 0 Å². The Bertz CT molecular complexity index is 628. The maximum atomic E-state index is 13.8. The summed E-state index contributed by atoms with van der Waals surface area (Å²) in [6, 6.07) is 6.55. The molecular weight excluding hydrogens is 325 g/mol. The molecule has 0 radical (unpaired) electrons. The highest BCUT2D eigenvalue weighted by molar-refractivity contribution is 6.36. The second-order valence-electron chi connectivity index (χ2n) is 6.03. The molecule has 1 aromatic rings. The summed E-state index contributed by atoms with van der Waals surface area (Å²) in [5.74, 6) is -1.70. The first-order valence-electron chi connectivity index (χ1n) is 8.61. The minimum Gasteiger partial charge on any atom is -0.366 e. The molecule has 0 aromatic heterocycles. The maximum absolute atomic E-state index is 13.8. The maximum Gasteiger partial charge on any atom is 0.287 e. The van der Waals surface area contributed by atoms with Crippen molar-refractivity contribution in [3.05, 3.63) is 30.1 Å². The van der Waals surface area contributed by atoms with E-state index < -0.39 is 11.7 Å². The summed E-state index contributed by atoms with van der Waals surface area (Å²) >= 11 is 0. The van der Waals surface area contributed by atoms with E-state index >= 15 is 0 Å². The molecule has 0 bridgehead atoms. The van der Waals surface area contributed by atoms with Crippen molar-refractivity contribution < 1.29 is 18.8 Å². The van der Waals surface area contributed by atoms with Crippen LogP contribution in [0.3, 0.4) is 0 Å². The van der Waals surface area contributed by atoms with E-state index in [1.165, 1.54) is 6.07 Å². The van der Waals surface area contributed by atoms with Gasteiger partial charge in [0.25, 0.3) is 5.91 Å². The zero-order valence-corrected chi connectivity index (χ0v) is 14.5. The number of Topliss-reactive ketones (excluding diaryl/α,β-unsaturated/α-hetero) is 1. The van der Waals surface area contributed by atoms with Gasteiger partial charge in [-0.1, -0.05) is 25.5 Å². The van der Waals surface area contributed by atoms with E-state index in [1.807, 2.05) is 11.8 Å². The molecule has 25 heavy (non-hydrogen) atoms. The second kappa shape index (κ2) is 9.15. The zero-order chi connectivity index (χ0) is 18.2. The van der Waals surface area contributed by atoms with Crippen LogP contribution in [0.2, 0.25) is 0 Å². The summed E-state index contributed by atoms with van der Waals surface area (Å²) in [7, 11) is 0. The van der Waals surface area contributed by atoms with Crippen LogP contribution in [-0.2, 0) is 14.4 Å². The van der Waals surface area contributed by atoms with Crippen molar-refractivity contribution in [2.75, 3.05) is 37.6 Å². The molecule has 1 aliphatic rings. The number of ketones is 1. The summed E-state index contributed by atoms with van der Waals surface area (Å²) in [6.07, 6.45) is 1.71. The number of carbonyl (C=O) groups excluding carboxylic acids is 3. The van der Waals surface area contributed by atoms with E-state index in [-0.39, 0.29) is 24.7 Å². The van der Waals surface area contributed by atoms with Crippen molar-refractivity contribution in [3.8, 4) is 0 Å². The molecule has 1 heterocycles. The largest absolute Gasteiger partial charge is 0.366 e. The highest BCUT2D eigenvalue weighted by atomic mass is 19.1. The van der Waals surface area contributed by atoms with Crippen LogP contribution in [0.1, 0.15) is 26.2 Å². The molecule has 1 N–H and O–H groups in total. The van der Waals surface area contributed by atoms with E-state index in [1.54, 1.807) is 23.1 Å². The van der Waals surface area contributed by atoms with Crippen molar-refractivity contribution in [3.63, 3.8) is 0 Å². The number of halogens is 1. The van der Waals surface area contributed by atoms with Gasteiger partial charge in [-0.2, -0.15) is 0 Å². The zero-order valence-electron chi connectivity index (χ0n) is 14.5. The van der Waals surface area contributed by atoms with Crippen LogP contribution >= 0.6 is 0 Å². The number of unbranched alkanes of at least 4 members (excludes halogenated alkanes) is 1. The summed E-state index contributed by atoms with van der Waals surface area (Å²) in [5.41, 5.74) is 0.532. The Hall–Kier alpha value is -2.44. The Morgan fingerprint density at radius 2 is 1.80 bits per heavy atom. The molecule has 0 saturated carbocycles. The fraction of sp³-hybridized carbons (Fsp3) is 0.500. The average Bonchev–Trinajstić information content (AvgIpc) is 2.64. The van der Waals surface area contributed by atoms with Gasteiger partial charge in [0.2, 0.25) is 11.7 Å². The Morgan fingerprint density at radius 3 is 2.44 bits per heavy atom. The molecule has 1 aliphatic heterocycles. The van der Waals surface area contributed by atoms with E-state index in [0.29, 0.717) is 38.3 Å². The van der Waals surface area contributed by atoms with Gasteiger partial charge in [0, 0.05) is 32.6 Å². The first kappa shape index (κ1) is 18.9. The minimum absolute atomic E-state index is 0.184. The lowest BCUT2D eigenvalue weighted by molar-refractivity contribution is -0.139. The molecule has 6 nitrogen and oxygen atoms in total. The Kier molecular flexibility index (Phi) is 6.91. The number of hydrogen-bond acceptors (Lipinski definition) is 4. The Morgan fingerprint density at radius 1 is 1.12 bits per heavy atom. The minimum atomic E-state index is -0.702. The smallest absolute Gasteiger partial charge is 0.287 e. The van der Waals surface area contributed by atoms with E-state index in [0.717, 1.165) is 6.42 Å². The van der Waals surface area contributed by atoms with Crippen LogP contribution in [0.5, 0.6) is 0 Å². The molecule has 2 amide bonds. The highest BCUT2D eigenvalue weighted by Crippen LogP contribution is 2.20. The molecule has 0 spiro atoms. The van der Waals surface area contributed by atoms with Gasteiger partial charge in [0.1, 0.15) is 5.82 Å². The van der Waals surface area contributed by atoms with Gasteiger partial charge in [0.15, 0.2) is 0 Å². The third-order valence-electron chi connectivity index (χ3n) is 4.24. The molecule has 0 atom stereocenters. The molecule has 2 rings (SSSR count). The van der Waals surface area contributed by atoms with Gasteiger partial charge >= 0.3 is 0 Å². The van der Waals surface area contributed by atoms with Crippen LogP contribution in [0, 0.1) is 5.82 Å². The van der Waals surface area contributed by atoms with E-state index in [4.69, 9.17) is 0 Å². The number of benzene rings is 1. The van der Waals surface area contributed by atoms with Crippen molar-refractivity contribution in [2.45, 2.75) is 26.2 Å². The number of piperazine rings is 1. The number of nitrogens with one attached hydrogen (secondary N) is 1. The van der Waals surface area contributed by atoms with Crippen LogP contribution in [0.4, 0.5) is 10.1 Å². The van der Waals surface area contributed by atoms with Gasteiger partial charge < -0.3 is 15.1 Å². The average molecular weight is 349 g/mol. The van der Waals surface area contributed by atoms with Gasteiger partial charge in [-0.05, 0) is 18.6 Å². The van der Waals surface area contributed by atoms with Crippen LogP contribution in [-0.4, -0.2) is 55.2 Å². The summed E-state index contributed by atoms with van der Waals surface area (Å²) in [5, 5.41) is 2.39. The topological polar surface area (TPSA) is 69.7 Å². The van der Waals surface area contributed by atoms with Gasteiger partial charge in [-0.15, -0.1) is 0 Å². The predicted octanol–water partition coefficient (Wildman–Crippen LogP) is 1.35.